The molecule has 0 aliphatic rings. The van der Waals surface area contributed by atoms with Crippen LogP contribution in [0.2, 0.25) is 0 Å². The number of rotatable bonds is 5. The topological polar surface area (TPSA) is 74.7 Å². The van der Waals surface area contributed by atoms with Crippen LogP contribution >= 0.6 is 0 Å². The molecule has 0 aromatic carbocycles. The molecule has 1 rings (SSSR count). The maximum atomic E-state index is 8.77. The van der Waals surface area contributed by atoms with E-state index < -0.39 is 0 Å². The minimum atomic E-state index is 0.286. The summed E-state index contributed by atoms with van der Waals surface area (Å²) in [7, 11) is 0. The van der Waals surface area contributed by atoms with E-state index in [4.69, 9.17) is 11.0 Å². The van der Waals surface area contributed by atoms with E-state index in [0.717, 1.165) is 24.7 Å². The van der Waals surface area contributed by atoms with Gasteiger partial charge in [-0.25, -0.2) is 4.98 Å². The van der Waals surface area contributed by atoms with Crippen LogP contribution in [0.4, 0.5) is 11.5 Å². The Kier molecular flexibility index (Phi) is 4.59. The van der Waals surface area contributed by atoms with E-state index in [1.165, 1.54) is 6.42 Å². The monoisotopic (exact) mass is 218 g/mol. The number of hydrogen-bond acceptors (Lipinski definition) is 4. The summed E-state index contributed by atoms with van der Waals surface area (Å²) in [5, 5.41) is 12.0. The fourth-order valence-electron chi connectivity index (χ4n) is 1.38. The van der Waals surface area contributed by atoms with Crippen molar-refractivity contribution in [2.45, 2.75) is 26.7 Å². The highest BCUT2D eigenvalue weighted by Crippen LogP contribution is 2.12. The molecule has 0 aliphatic heterocycles. The van der Waals surface area contributed by atoms with Crippen molar-refractivity contribution in [3.05, 3.63) is 17.8 Å². The van der Waals surface area contributed by atoms with Gasteiger partial charge in [-0.3, -0.25) is 0 Å². The maximum absolute atomic E-state index is 8.77. The van der Waals surface area contributed by atoms with Gasteiger partial charge in [0.05, 0.1) is 5.69 Å². The average Bonchev–Trinajstić information content (AvgIpc) is 2.26. The molecular formula is C12H18N4. The first-order chi connectivity index (χ1) is 7.63. The van der Waals surface area contributed by atoms with Gasteiger partial charge in [-0.2, -0.15) is 5.26 Å². The second kappa shape index (κ2) is 5.96. The zero-order chi connectivity index (χ0) is 12.0. The van der Waals surface area contributed by atoms with Gasteiger partial charge in [-0.1, -0.05) is 13.8 Å². The number of nitrogens with zero attached hydrogens (tertiary/aromatic N) is 2. The predicted octanol–water partition coefficient (Wildman–Crippen LogP) is 2.38. The Morgan fingerprint density at radius 3 is 2.88 bits per heavy atom. The number of nitriles is 1. The average molecular weight is 218 g/mol. The Balaban J connectivity index is 2.46. The van der Waals surface area contributed by atoms with Crippen LogP contribution in [0.25, 0.3) is 0 Å². The smallest absolute Gasteiger partial charge is 0.165 e. The zero-order valence-corrected chi connectivity index (χ0v) is 9.83. The summed E-state index contributed by atoms with van der Waals surface area (Å²) in [6.07, 6.45) is 2.29. The highest BCUT2D eigenvalue weighted by Gasteiger charge is 2.01. The fourth-order valence-corrected chi connectivity index (χ4v) is 1.38. The van der Waals surface area contributed by atoms with Crippen LogP contribution in [0.1, 0.15) is 32.4 Å². The second-order valence-corrected chi connectivity index (χ2v) is 4.21. The Hall–Kier alpha value is -1.76. The third-order valence-electron chi connectivity index (χ3n) is 2.30. The summed E-state index contributed by atoms with van der Waals surface area (Å²) >= 11 is 0. The lowest BCUT2D eigenvalue weighted by Crippen LogP contribution is -2.06. The molecule has 0 aliphatic carbocycles. The Labute approximate surface area is 96.5 Å². The number of aromatic nitrogens is 1. The van der Waals surface area contributed by atoms with Crippen molar-refractivity contribution < 1.29 is 0 Å². The van der Waals surface area contributed by atoms with E-state index >= 15 is 0 Å². The van der Waals surface area contributed by atoms with Gasteiger partial charge in [0, 0.05) is 6.54 Å². The zero-order valence-electron chi connectivity index (χ0n) is 9.83. The molecular weight excluding hydrogens is 200 g/mol. The quantitative estimate of drug-likeness (QED) is 0.744. The Bertz CT molecular complexity index is 379. The van der Waals surface area contributed by atoms with Gasteiger partial charge in [-0.05, 0) is 30.9 Å². The molecule has 1 aromatic heterocycles. The van der Waals surface area contributed by atoms with Gasteiger partial charge < -0.3 is 11.1 Å². The third-order valence-corrected chi connectivity index (χ3v) is 2.30. The lowest BCUT2D eigenvalue weighted by molar-refractivity contribution is 0.566. The van der Waals surface area contributed by atoms with Gasteiger partial charge in [0.1, 0.15) is 11.9 Å². The minimum Gasteiger partial charge on any atom is -0.396 e. The van der Waals surface area contributed by atoms with Gasteiger partial charge in [0.2, 0.25) is 0 Å². The molecule has 0 saturated carbocycles. The number of hydrogen-bond donors (Lipinski definition) is 2. The summed E-state index contributed by atoms with van der Waals surface area (Å²) in [6, 6.07) is 5.47. The van der Waals surface area contributed by atoms with Gasteiger partial charge in [-0.15, -0.1) is 0 Å². The summed E-state index contributed by atoms with van der Waals surface area (Å²) in [6.45, 7) is 5.28. The van der Waals surface area contributed by atoms with Crippen LogP contribution < -0.4 is 11.1 Å². The molecule has 4 nitrogen and oxygen atoms in total. The number of anilines is 2. The molecule has 0 saturated heterocycles. The highest BCUT2D eigenvalue weighted by molar-refractivity contribution is 5.54. The molecule has 0 radical (unpaired) electrons. The van der Waals surface area contributed by atoms with Crippen molar-refractivity contribution in [3.8, 4) is 6.07 Å². The van der Waals surface area contributed by atoms with Gasteiger partial charge >= 0.3 is 0 Å². The highest BCUT2D eigenvalue weighted by atomic mass is 15.0. The standard InChI is InChI=1S/C12H18N4/c1-9(2)4-3-7-15-12-6-5-10(14)11(8-13)16-12/h5-6,9H,3-4,7,14H2,1-2H3,(H,15,16). The summed E-state index contributed by atoms with van der Waals surface area (Å²) < 4.78 is 0. The summed E-state index contributed by atoms with van der Waals surface area (Å²) in [5.74, 6) is 1.44. The molecule has 86 valence electrons. The molecule has 3 N–H and O–H groups in total. The van der Waals surface area contributed by atoms with E-state index in [1.807, 2.05) is 6.07 Å². The first-order valence-electron chi connectivity index (χ1n) is 5.54. The molecule has 1 aromatic rings. The van der Waals surface area contributed by atoms with Crippen LogP contribution in [0, 0.1) is 17.2 Å². The number of nitrogens with two attached hydrogens (primary N) is 1. The second-order valence-electron chi connectivity index (χ2n) is 4.21. The van der Waals surface area contributed by atoms with Gasteiger partial charge in [0.25, 0.3) is 0 Å². The molecule has 16 heavy (non-hydrogen) atoms. The normalized spacial score (nSPS) is 10.1. The number of pyridine rings is 1. The van der Waals surface area contributed by atoms with Crippen LogP contribution in [0.15, 0.2) is 12.1 Å². The largest absolute Gasteiger partial charge is 0.396 e. The maximum Gasteiger partial charge on any atom is 0.165 e. The molecule has 1 heterocycles. The van der Waals surface area contributed by atoms with Crippen molar-refractivity contribution in [1.82, 2.24) is 4.98 Å². The Morgan fingerprint density at radius 1 is 1.50 bits per heavy atom. The Morgan fingerprint density at radius 2 is 2.25 bits per heavy atom. The third kappa shape index (κ3) is 3.77. The van der Waals surface area contributed by atoms with E-state index in [2.05, 4.69) is 24.1 Å². The van der Waals surface area contributed by atoms with E-state index in [1.54, 1.807) is 12.1 Å². The molecule has 0 bridgehead atoms. The summed E-state index contributed by atoms with van der Waals surface area (Å²) in [5.41, 5.74) is 6.29. The van der Waals surface area contributed by atoms with Crippen molar-refractivity contribution >= 4 is 11.5 Å². The molecule has 0 unspecified atom stereocenters. The molecule has 0 amide bonds. The lowest BCUT2D eigenvalue weighted by Gasteiger charge is -2.07. The minimum absolute atomic E-state index is 0.286. The van der Waals surface area contributed by atoms with E-state index in [0.29, 0.717) is 5.69 Å². The van der Waals surface area contributed by atoms with Crippen molar-refractivity contribution in [2.75, 3.05) is 17.6 Å². The van der Waals surface area contributed by atoms with Crippen LogP contribution in [0.3, 0.4) is 0 Å². The van der Waals surface area contributed by atoms with Gasteiger partial charge in [0.15, 0.2) is 5.69 Å². The SMILES string of the molecule is CC(C)CCCNc1ccc(N)c(C#N)n1. The first-order valence-corrected chi connectivity index (χ1v) is 5.54. The summed E-state index contributed by atoms with van der Waals surface area (Å²) in [4.78, 5) is 4.11. The molecule has 4 heteroatoms. The fraction of sp³-hybridized carbons (Fsp3) is 0.500. The van der Waals surface area contributed by atoms with Crippen LogP contribution in [-0.4, -0.2) is 11.5 Å². The predicted molar refractivity (Wildman–Crippen MR) is 65.9 cm³/mol. The van der Waals surface area contributed by atoms with Crippen molar-refractivity contribution in [3.63, 3.8) is 0 Å². The lowest BCUT2D eigenvalue weighted by atomic mass is 10.1. The first kappa shape index (κ1) is 12.3. The molecule has 0 spiro atoms. The van der Waals surface area contributed by atoms with Crippen molar-refractivity contribution in [1.29, 1.82) is 5.26 Å². The van der Waals surface area contributed by atoms with Crippen LogP contribution in [-0.2, 0) is 0 Å². The van der Waals surface area contributed by atoms with Crippen molar-refractivity contribution in [2.24, 2.45) is 5.92 Å². The van der Waals surface area contributed by atoms with Crippen LogP contribution in [0.5, 0.6) is 0 Å². The van der Waals surface area contributed by atoms with E-state index in [-0.39, 0.29) is 5.69 Å². The number of nitrogens with one attached hydrogen (secondary N) is 1. The molecule has 0 fully saturated rings. The number of nitrogen functional groups attached to an aromatic ring is 1. The van der Waals surface area contributed by atoms with E-state index in [9.17, 15) is 0 Å². The molecule has 0 atom stereocenters.